The lowest BCUT2D eigenvalue weighted by molar-refractivity contribution is -0.118. The number of methoxy groups -OCH3 is 1. The van der Waals surface area contributed by atoms with Gasteiger partial charge in [0.2, 0.25) is 5.91 Å². The van der Waals surface area contributed by atoms with Crippen molar-refractivity contribution >= 4 is 28.5 Å². The second-order valence-electron chi connectivity index (χ2n) is 5.75. The highest BCUT2D eigenvalue weighted by Crippen LogP contribution is 2.24. The molecule has 0 spiro atoms. The molecule has 1 fully saturated rings. The van der Waals surface area contributed by atoms with Crippen molar-refractivity contribution in [3.8, 4) is 5.75 Å². The van der Waals surface area contributed by atoms with Gasteiger partial charge in [0.05, 0.1) is 18.1 Å². The van der Waals surface area contributed by atoms with Crippen molar-refractivity contribution in [3.05, 3.63) is 65.5 Å². The molecule has 1 N–H and O–H groups in total. The van der Waals surface area contributed by atoms with Gasteiger partial charge in [-0.15, -0.1) is 5.10 Å². The number of thioether (sulfide) groups is 1. The molecule has 5 nitrogen and oxygen atoms in total. The molecule has 26 heavy (non-hydrogen) atoms. The maximum Gasteiger partial charge on any atom is 0.239 e. The van der Waals surface area contributed by atoms with Crippen LogP contribution >= 0.6 is 11.8 Å². The molecule has 1 heterocycles. The molecule has 0 bridgehead atoms. The van der Waals surface area contributed by atoms with Gasteiger partial charge in [-0.25, -0.2) is 4.39 Å². The number of halogens is 1. The standard InChI is InChI=1S/C19H18FN3O2S/c1-12(14-5-7-15(20)8-6-14)22-23-19-21-18(24)17(26-19)11-13-3-9-16(25-2)10-4-13/h3-10,17H,11H2,1-2H3,(H,21,23,24)/b22-12+/t17-/m0/s1. The van der Waals surface area contributed by atoms with E-state index in [1.165, 1.54) is 23.9 Å². The van der Waals surface area contributed by atoms with Gasteiger partial charge in [-0.05, 0) is 48.7 Å². The van der Waals surface area contributed by atoms with Crippen LogP contribution < -0.4 is 10.1 Å². The van der Waals surface area contributed by atoms with Crippen LogP contribution in [0.3, 0.4) is 0 Å². The minimum absolute atomic E-state index is 0.0841. The van der Waals surface area contributed by atoms with Crippen LogP contribution in [0.15, 0.2) is 58.7 Å². The lowest BCUT2D eigenvalue weighted by Crippen LogP contribution is -2.25. The van der Waals surface area contributed by atoms with Gasteiger partial charge in [-0.2, -0.15) is 5.10 Å². The normalized spacial score (nSPS) is 18.9. The number of amides is 1. The van der Waals surface area contributed by atoms with Crippen molar-refractivity contribution in [3.63, 3.8) is 0 Å². The third-order valence-electron chi connectivity index (χ3n) is 3.91. The topological polar surface area (TPSA) is 63.1 Å². The fourth-order valence-electron chi connectivity index (χ4n) is 2.43. The molecule has 0 aromatic heterocycles. The Morgan fingerprint density at radius 2 is 1.88 bits per heavy atom. The molecule has 7 heteroatoms. The molecule has 1 atom stereocenters. The monoisotopic (exact) mass is 371 g/mol. The zero-order valence-corrected chi connectivity index (χ0v) is 15.2. The summed E-state index contributed by atoms with van der Waals surface area (Å²) in [5.41, 5.74) is 2.47. The molecule has 0 radical (unpaired) electrons. The van der Waals surface area contributed by atoms with Gasteiger partial charge in [-0.1, -0.05) is 36.0 Å². The van der Waals surface area contributed by atoms with E-state index in [-0.39, 0.29) is 17.0 Å². The van der Waals surface area contributed by atoms with E-state index in [4.69, 9.17) is 4.74 Å². The first-order chi connectivity index (χ1) is 12.5. The summed E-state index contributed by atoms with van der Waals surface area (Å²) in [6.07, 6.45) is 0.597. The van der Waals surface area contributed by atoms with Crippen LogP contribution in [0.5, 0.6) is 5.75 Å². The molecular weight excluding hydrogens is 353 g/mol. The number of carbonyl (C=O) groups is 1. The average molecular weight is 371 g/mol. The molecule has 2 aromatic carbocycles. The summed E-state index contributed by atoms with van der Waals surface area (Å²) in [6.45, 7) is 1.79. The predicted octanol–water partition coefficient (Wildman–Crippen LogP) is 3.39. The number of nitrogens with one attached hydrogen (secondary N) is 1. The van der Waals surface area contributed by atoms with Crippen LogP contribution in [-0.2, 0) is 11.2 Å². The van der Waals surface area contributed by atoms with Crippen molar-refractivity contribution in [1.29, 1.82) is 0 Å². The lowest BCUT2D eigenvalue weighted by Gasteiger charge is -2.06. The molecule has 134 valence electrons. The minimum atomic E-state index is -0.298. The number of benzene rings is 2. The number of rotatable bonds is 5. The highest BCUT2D eigenvalue weighted by atomic mass is 32.2. The number of nitrogens with zero attached hydrogens (tertiary/aromatic N) is 2. The van der Waals surface area contributed by atoms with Gasteiger partial charge in [0.25, 0.3) is 0 Å². The van der Waals surface area contributed by atoms with Crippen LogP contribution in [0.2, 0.25) is 0 Å². The van der Waals surface area contributed by atoms with Crippen molar-refractivity contribution in [1.82, 2.24) is 5.32 Å². The molecule has 1 aliphatic heterocycles. The lowest BCUT2D eigenvalue weighted by atomic mass is 10.1. The molecule has 1 aliphatic rings. The summed E-state index contributed by atoms with van der Waals surface area (Å²) >= 11 is 1.35. The number of ether oxygens (including phenoxy) is 1. The van der Waals surface area contributed by atoms with Crippen molar-refractivity contribution < 1.29 is 13.9 Å². The Bertz CT molecular complexity index is 848. The largest absolute Gasteiger partial charge is 0.497 e. The predicted molar refractivity (Wildman–Crippen MR) is 102 cm³/mol. The number of carbonyl (C=O) groups excluding carboxylic acids is 1. The SMILES string of the molecule is COc1ccc(C[C@@H]2S/C(=N/N=C(\C)c3ccc(F)cc3)NC2=O)cc1. The first-order valence-electron chi connectivity index (χ1n) is 8.04. The van der Waals surface area contributed by atoms with Crippen LogP contribution in [0.1, 0.15) is 18.1 Å². The molecule has 0 unspecified atom stereocenters. The van der Waals surface area contributed by atoms with Crippen LogP contribution in [-0.4, -0.2) is 29.1 Å². The van der Waals surface area contributed by atoms with Gasteiger partial charge in [0.1, 0.15) is 11.6 Å². The van der Waals surface area contributed by atoms with E-state index >= 15 is 0 Å². The van der Waals surface area contributed by atoms with Crippen LogP contribution in [0.25, 0.3) is 0 Å². The van der Waals surface area contributed by atoms with E-state index in [9.17, 15) is 9.18 Å². The zero-order valence-electron chi connectivity index (χ0n) is 14.4. The Kier molecular flexibility index (Phi) is 5.68. The molecule has 1 saturated heterocycles. The van der Waals surface area contributed by atoms with Crippen LogP contribution in [0.4, 0.5) is 4.39 Å². The summed E-state index contributed by atoms with van der Waals surface area (Å²) in [5, 5.41) is 11.2. The van der Waals surface area contributed by atoms with E-state index < -0.39 is 0 Å². The Morgan fingerprint density at radius 1 is 1.19 bits per heavy atom. The van der Waals surface area contributed by atoms with E-state index in [0.29, 0.717) is 17.3 Å². The summed E-state index contributed by atoms with van der Waals surface area (Å²) in [6, 6.07) is 13.7. The average Bonchev–Trinajstić information content (AvgIpc) is 3.00. The van der Waals surface area contributed by atoms with E-state index in [1.807, 2.05) is 24.3 Å². The first kappa shape index (κ1) is 18.1. The zero-order chi connectivity index (χ0) is 18.5. The van der Waals surface area contributed by atoms with Crippen molar-refractivity contribution in [2.75, 3.05) is 7.11 Å². The van der Waals surface area contributed by atoms with Gasteiger partial charge in [0.15, 0.2) is 5.17 Å². The van der Waals surface area contributed by atoms with Gasteiger partial charge >= 0.3 is 0 Å². The number of amidine groups is 1. The molecule has 0 saturated carbocycles. The molecule has 2 aromatic rings. The van der Waals surface area contributed by atoms with E-state index in [1.54, 1.807) is 26.2 Å². The maximum absolute atomic E-state index is 13.0. The number of hydrogen-bond donors (Lipinski definition) is 1. The summed E-state index contributed by atoms with van der Waals surface area (Å²) in [7, 11) is 1.62. The molecular formula is C19H18FN3O2S. The van der Waals surface area contributed by atoms with E-state index in [2.05, 4.69) is 15.5 Å². The number of hydrogen-bond acceptors (Lipinski definition) is 5. The molecule has 3 rings (SSSR count). The Labute approximate surface area is 155 Å². The Morgan fingerprint density at radius 3 is 2.54 bits per heavy atom. The first-order valence-corrected chi connectivity index (χ1v) is 8.92. The minimum Gasteiger partial charge on any atom is -0.497 e. The highest BCUT2D eigenvalue weighted by Gasteiger charge is 2.30. The van der Waals surface area contributed by atoms with Crippen molar-refractivity contribution in [2.24, 2.45) is 10.2 Å². The Hall–Kier alpha value is -2.67. The summed E-state index contributed by atoms with van der Waals surface area (Å²) in [4.78, 5) is 12.1. The maximum atomic E-state index is 13.0. The highest BCUT2D eigenvalue weighted by molar-refractivity contribution is 8.15. The smallest absolute Gasteiger partial charge is 0.239 e. The second kappa shape index (κ2) is 8.14. The van der Waals surface area contributed by atoms with E-state index in [0.717, 1.165) is 16.9 Å². The summed E-state index contributed by atoms with van der Waals surface area (Å²) in [5.74, 6) is 0.400. The van der Waals surface area contributed by atoms with Crippen LogP contribution in [0, 0.1) is 5.82 Å². The molecule has 1 amide bonds. The second-order valence-corrected chi connectivity index (χ2v) is 6.94. The fraction of sp³-hybridized carbons (Fsp3) is 0.211. The van der Waals surface area contributed by atoms with Gasteiger partial charge in [-0.3, -0.25) is 4.79 Å². The quantitative estimate of drug-likeness (QED) is 0.647. The van der Waals surface area contributed by atoms with Crippen molar-refractivity contribution in [2.45, 2.75) is 18.6 Å². The van der Waals surface area contributed by atoms with Gasteiger partial charge < -0.3 is 10.1 Å². The third kappa shape index (κ3) is 4.49. The fourth-order valence-corrected chi connectivity index (χ4v) is 3.39. The summed E-state index contributed by atoms with van der Waals surface area (Å²) < 4.78 is 18.1. The Balaban J connectivity index is 1.65. The van der Waals surface area contributed by atoms with Gasteiger partial charge in [0, 0.05) is 0 Å². The third-order valence-corrected chi connectivity index (χ3v) is 4.98. The molecule has 0 aliphatic carbocycles.